The Kier molecular flexibility index (Phi) is 6.16. The van der Waals surface area contributed by atoms with Gasteiger partial charge < -0.3 is 19.9 Å². The van der Waals surface area contributed by atoms with E-state index in [0.717, 1.165) is 5.69 Å². The van der Waals surface area contributed by atoms with E-state index in [1.807, 2.05) is 43.3 Å². The smallest absolute Gasteiger partial charge is 0.340 e. The van der Waals surface area contributed by atoms with Crippen molar-refractivity contribution in [2.45, 2.75) is 13.3 Å². The van der Waals surface area contributed by atoms with Gasteiger partial charge in [-0.15, -0.1) is 0 Å². The van der Waals surface area contributed by atoms with Crippen molar-refractivity contribution in [2.24, 2.45) is 5.92 Å². The lowest BCUT2D eigenvalue weighted by atomic mass is 10.1. The van der Waals surface area contributed by atoms with E-state index in [0.29, 0.717) is 16.9 Å². The molecule has 1 atom stereocenters. The summed E-state index contributed by atoms with van der Waals surface area (Å²) in [5.41, 5.74) is 2.50. The van der Waals surface area contributed by atoms with Crippen LogP contribution in [0, 0.1) is 5.92 Å². The van der Waals surface area contributed by atoms with E-state index < -0.39 is 11.9 Å². The number of hydrogen-bond acceptors (Lipinski definition) is 5. The van der Waals surface area contributed by atoms with Crippen LogP contribution in [0.3, 0.4) is 0 Å². The molecule has 1 aliphatic heterocycles. The predicted molar refractivity (Wildman–Crippen MR) is 112 cm³/mol. The van der Waals surface area contributed by atoms with Crippen LogP contribution in [0.4, 0.5) is 17.1 Å². The molecule has 1 aliphatic rings. The van der Waals surface area contributed by atoms with Crippen molar-refractivity contribution in [2.75, 3.05) is 42.4 Å². The maximum Gasteiger partial charge on any atom is 0.340 e. The summed E-state index contributed by atoms with van der Waals surface area (Å²) < 4.78 is 5.08. The molecule has 0 aromatic heterocycles. The van der Waals surface area contributed by atoms with E-state index in [9.17, 15) is 14.4 Å². The van der Waals surface area contributed by atoms with Crippen molar-refractivity contribution in [1.29, 1.82) is 0 Å². The molecular weight excluding hydrogens is 370 g/mol. The fourth-order valence-electron chi connectivity index (χ4n) is 3.29. The number of carbonyl (C=O) groups excluding carboxylic acids is 3. The normalized spacial score (nSPS) is 15.9. The zero-order valence-corrected chi connectivity index (χ0v) is 16.8. The van der Waals surface area contributed by atoms with Gasteiger partial charge in [0, 0.05) is 38.4 Å². The molecule has 1 saturated heterocycles. The van der Waals surface area contributed by atoms with E-state index >= 15 is 0 Å². The quantitative estimate of drug-likeness (QED) is 0.761. The highest BCUT2D eigenvalue weighted by atomic mass is 16.5. The molecule has 0 spiro atoms. The summed E-state index contributed by atoms with van der Waals surface area (Å²) in [6, 6.07) is 14.3. The lowest BCUT2D eigenvalue weighted by Gasteiger charge is -2.19. The van der Waals surface area contributed by atoms with Crippen LogP contribution in [-0.4, -0.2) is 45.0 Å². The van der Waals surface area contributed by atoms with Crippen molar-refractivity contribution in [3.8, 4) is 0 Å². The van der Waals surface area contributed by atoms with Gasteiger partial charge in [0.1, 0.15) is 0 Å². The highest BCUT2D eigenvalue weighted by Crippen LogP contribution is 2.29. The third-order valence-corrected chi connectivity index (χ3v) is 4.84. The second-order valence-electron chi connectivity index (χ2n) is 7.07. The van der Waals surface area contributed by atoms with Gasteiger partial charge in [-0.25, -0.2) is 4.79 Å². The zero-order valence-electron chi connectivity index (χ0n) is 16.8. The Morgan fingerprint density at radius 1 is 1.14 bits per heavy atom. The lowest BCUT2D eigenvalue weighted by Crippen LogP contribution is -2.29. The van der Waals surface area contributed by atoms with Crippen molar-refractivity contribution >= 4 is 34.8 Å². The Morgan fingerprint density at radius 3 is 2.48 bits per heavy atom. The maximum absolute atomic E-state index is 12.7. The SMILES string of the molecule is CCOC(=O)c1ccccc1N1CC(C(=O)Nc2ccc(N(C)C)cc2)CC1=O. The molecule has 0 bridgehead atoms. The number of nitrogens with zero attached hydrogens (tertiary/aromatic N) is 2. The van der Waals surface area contributed by atoms with E-state index in [2.05, 4.69) is 5.32 Å². The van der Waals surface area contributed by atoms with Gasteiger partial charge >= 0.3 is 5.97 Å². The average Bonchev–Trinajstić information content (AvgIpc) is 3.10. The van der Waals surface area contributed by atoms with Gasteiger partial charge in [-0.05, 0) is 43.3 Å². The number of hydrogen-bond donors (Lipinski definition) is 1. The number of para-hydroxylation sites is 1. The van der Waals surface area contributed by atoms with Crippen LogP contribution in [0.15, 0.2) is 48.5 Å². The molecule has 7 heteroatoms. The molecule has 2 aromatic carbocycles. The van der Waals surface area contributed by atoms with E-state index in [1.165, 1.54) is 4.90 Å². The summed E-state index contributed by atoms with van der Waals surface area (Å²) in [7, 11) is 3.89. The van der Waals surface area contributed by atoms with E-state index in [1.54, 1.807) is 31.2 Å². The fourth-order valence-corrected chi connectivity index (χ4v) is 3.29. The molecule has 7 nitrogen and oxygen atoms in total. The molecule has 2 amide bonds. The zero-order chi connectivity index (χ0) is 21.0. The first-order valence-electron chi connectivity index (χ1n) is 9.55. The average molecular weight is 395 g/mol. The topological polar surface area (TPSA) is 79.0 Å². The van der Waals surface area contributed by atoms with Gasteiger partial charge in [0.15, 0.2) is 0 Å². The van der Waals surface area contributed by atoms with Crippen LogP contribution >= 0.6 is 0 Å². The van der Waals surface area contributed by atoms with Gasteiger partial charge in [0.05, 0.1) is 23.8 Å². The van der Waals surface area contributed by atoms with E-state index in [-0.39, 0.29) is 31.4 Å². The number of benzene rings is 2. The Labute approximate surface area is 170 Å². The molecule has 1 heterocycles. The molecule has 1 fully saturated rings. The Balaban J connectivity index is 1.72. The van der Waals surface area contributed by atoms with Gasteiger partial charge in [-0.2, -0.15) is 0 Å². The number of carbonyl (C=O) groups is 3. The first-order valence-corrected chi connectivity index (χ1v) is 9.55. The molecule has 152 valence electrons. The van der Waals surface area contributed by atoms with Crippen LogP contribution in [0.25, 0.3) is 0 Å². The molecule has 1 N–H and O–H groups in total. The molecule has 29 heavy (non-hydrogen) atoms. The lowest BCUT2D eigenvalue weighted by molar-refractivity contribution is -0.122. The summed E-state index contributed by atoms with van der Waals surface area (Å²) in [5.74, 6) is -1.38. The first-order chi connectivity index (χ1) is 13.9. The Hall–Kier alpha value is -3.35. The van der Waals surface area contributed by atoms with Gasteiger partial charge in [0.25, 0.3) is 0 Å². The number of ether oxygens (including phenoxy) is 1. The van der Waals surface area contributed by atoms with Crippen molar-refractivity contribution in [3.63, 3.8) is 0 Å². The molecule has 0 radical (unpaired) electrons. The Morgan fingerprint density at radius 2 is 1.83 bits per heavy atom. The highest BCUT2D eigenvalue weighted by Gasteiger charge is 2.36. The maximum atomic E-state index is 12.7. The fraction of sp³-hybridized carbons (Fsp3) is 0.318. The third-order valence-electron chi connectivity index (χ3n) is 4.84. The summed E-state index contributed by atoms with van der Waals surface area (Å²) in [5, 5.41) is 2.87. The van der Waals surface area contributed by atoms with Crippen molar-refractivity contribution in [3.05, 3.63) is 54.1 Å². The van der Waals surface area contributed by atoms with Gasteiger partial charge in [-0.3, -0.25) is 9.59 Å². The number of rotatable bonds is 6. The van der Waals surface area contributed by atoms with Gasteiger partial charge in [-0.1, -0.05) is 12.1 Å². The summed E-state index contributed by atoms with van der Waals surface area (Å²) in [6.07, 6.45) is 0.0960. The second-order valence-corrected chi connectivity index (χ2v) is 7.07. The molecule has 3 rings (SSSR count). The predicted octanol–water partition coefficient (Wildman–Crippen LogP) is 2.92. The molecule has 1 unspecified atom stereocenters. The summed E-state index contributed by atoms with van der Waals surface area (Å²) in [4.78, 5) is 40.9. The minimum Gasteiger partial charge on any atom is -0.462 e. The highest BCUT2D eigenvalue weighted by molar-refractivity contribution is 6.07. The second kappa shape index (κ2) is 8.77. The van der Waals surface area contributed by atoms with Crippen molar-refractivity contribution < 1.29 is 19.1 Å². The van der Waals surface area contributed by atoms with E-state index in [4.69, 9.17) is 4.74 Å². The van der Waals surface area contributed by atoms with Crippen LogP contribution in [0.2, 0.25) is 0 Å². The standard InChI is InChI=1S/C22H25N3O4/c1-4-29-22(28)18-7-5-6-8-19(18)25-14-15(13-20(25)26)21(27)23-16-9-11-17(12-10-16)24(2)3/h5-12,15H,4,13-14H2,1-3H3,(H,23,27). The van der Waals surface area contributed by atoms with Gasteiger partial charge in [0.2, 0.25) is 11.8 Å². The Bertz CT molecular complexity index is 909. The number of anilines is 3. The molecule has 0 saturated carbocycles. The molecule has 0 aliphatic carbocycles. The van der Waals surface area contributed by atoms with Crippen LogP contribution in [0.5, 0.6) is 0 Å². The number of amides is 2. The molecule has 2 aromatic rings. The van der Waals surface area contributed by atoms with Crippen LogP contribution in [0.1, 0.15) is 23.7 Å². The monoisotopic (exact) mass is 395 g/mol. The summed E-state index contributed by atoms with van der Waals surface area (Å²) >= 11 is 0. The minimum atomic E-state index is -0.494. The number of nitrogens with one attached hydrogen (secondary N) is 1. The number of esters is 1. The van der Waals surface area contributed by atoms with Crippen molar-refractivity contribution in [1.82, 2.24) is 0 Å². The largest absolute Gasteiger partial charge is 0.462 e. The van der Waals surface area contributed by atoms with Crippen LogP contribution < -0.4 is 15.1 Å². The first kappa shape index (κ1) is 20.4. The van der Waals surface area contributed by atoms with Crippen LogP contribution in [-0.2, 0) is 14.3 Å². The summed E-state index contributed by atoms with van der Waals surface area (Å²) in [6.45, 7) is 2.20. The molecular formula is C22H25N3O4. The third kappa shape index (κ3) is 4.56. The minimum absolute atomic E-state index is 0.0960.